The van der Waals surface area contributed by atoms with Crippen LogP contribution >= 0.6 is 0 Å². The van der Waals surface area contributed by atoms with Crippen molar-refractivity contribution in [3.05, 3.63) is 54.3 Å². The van der Waals surface area contributed by atoms with Gasteiger partial charge in [0, 0.05) is 25.0 Å². The monoisotopic (exact) mass is 202 g/mol. The van der Waals surface area contributed by atoms with E-state index < -0.39 is 0 Å². The van der Waals surface area contributed by atoms with Crippen LogP contribution in [0.2, 0.25) is 0 Å². The molecule has 80 valence electrons. The van der Waals surface area contributed by atoms with Crippen LogP contribution in [0.25, 0.3) is 0 Å². The Hall–Kier alpha value is -1.70. The van der Waals surface area contributed by atoms with Crippen molar-refractivity contribution in [2.45, 2.75) is 13.5 Å². The molecule has 0 radical (unpaired) electrons. The van der Waals surface area contributed by atoms with Gasteiger partial charge in [-0.2, -0.15) is 0 Å². The van der Waals surface area contributed by atoms with E-state index in [2.05, 4.69) is 35.9 Å². The number of hydrogen-bond acceptors (Lipinski definition) is 2. The Morgan fingerprint density at radius 2 is 2.07 bits per heavy atom. The summed E-state index contributed by atoms with van der Waals surface area (Å²) in [6.07, 6.45) is 0. The quantitative estimate of drug-likeness (QED) is 0.717. The van der Waals surface area contributed by atoms with Crippen LogP contribution in [0, 0.1) is 0 Å². The molecule has 2 nitrogen and oxygen atoms in total. The van der Waals surface area contributed by atoms with Crippen molar-refractivity contribution >= 4 is 5.69 Å². The zero-order chi connectivity index (χ0) is 11.3. The fraction of sp³-hybridized carbons (Fsp3) is 0.231. The van der Waals surface area contributed by atoms with Crippen LogP contribution in [-0.2, 0) is 6.54 Å². The molecule has 1 rings (SSSR count). The third-order valence-electron chi connectivity index (χ3n) is 2.24. The summed E-state index contributed by atoms with van der Waals surface area (Å²) < 4.78 is 0. The molecule has 0 heterocycles. The van der Waals surface area contributed by atoms with Crippen molar-refractivity contribution in [2.75, 3.05) is 12.4 Å². The lowest BCUT2D eigenvalue weighted by Crippen LogP contribution is -2.12. The summed E-state index contributed by atoms with van der Waals surface area (Å²) in [6, 6.07) is 8.27. The van der Waals surface area contributed by atoms with E-state index in [1.807, 2.05) is 26.1 Å². The number of benzene rings is 1. The van der Waals surface area contributed by atoms with Crippen LogP contribution < -0.4 is 10.6 Å². The molecular weight excluding hydrogens is 184 g/mol. The molecule has 0 aliphatic carbocycles. The predicted octanol–water partition coefficient (Wildman–Crippen LogP) is 2.91. The van der Waals surface area contributed by atoms with E-state index in [9.17, 15) is 0 Å². The molecule has 1 aromatic carbocycles. The fourth-order valence-corrected chi connectivity index (χ4v) is 1.20. The molecular formula is C13H18N2. The fourth-order valence-electron chi connectivity index (χ4n) is 1.20. The molecule has 15 heavy (non-hydrogen) atoms. The van der Waals surface area contributed by atoms with Crippen molar-refractivity contribution < 1.29 is 0 Å². The maximum atomic E-state index is 3.89. The normalized spacial score (nSPS) is 9.47. The van der Waals surface area contributed by atoms with Gasteiger partial charge in [-0.3, -0.25) is 0 Å². The zero-order valence-corrected chi connectivity index (χ0v) is 9.43. The van der Waals surface area contributed by atoms with Crippen LogP contribution in [0.15, 0.2) is 48.7 Å². The van der Waals surface area contributed by atoms with Gasteiger partial charge in [-0.1, -0.05) is 25.3 Å². The molecule has 0 atom stereocenters. The Labute approximate surface area is 91.7 Å². The second-order valence-corrected chi connectivity index (χ2v) is 3.56. The molecule has 0 aliphatic rings. The molecule has 0 amide bonds. The van der Waals surface area contributed by atoms with E-state index in [4.69, 9.17) is 0 Å². The molecule has 2 heteroatoms. The highest BCUT2D eigenvalue weighted by Gasteiger charge is 1.96. The molecule has 0 spiro atoms. The Morgan fingerprint density at radius 1 is 1.33 bits per heavy atom. The first-order valence-corrected chi connectivity index (χ1v) is 4.99. The summed E-state index contributed by atoms with van der Waals surface area (Å²) in [5, 5.41) is 6.34. The van der Waals surface area contributed by atoms with Crippen LogP contribution in [0.3, 0.4) is 0 Å². The topological polar surface area (TPSA) is 24.1 Å². The van der Waals surface area contributed by atoms with Crippen LogP contribution in [-0.4, -0.2) is 7.05 Å². The van der Waals surface area contributed by atoms with E-state index >= 15 is 0 Å². The number of nitrogens with one attached hydrogen (secondary N) is 2. The maximum absolute atomic E-state index is 3.89. The van der Waals surface area contributed by atoms with Gasteiger partial charge in [0.25, 0.3) is 0 Å². The molecule has 0 unspecified atom stereocenters. The smallest absolute Gasteiger partial charge is 0.0401 e. The molecule has 0 fully saturated rings. The van der Waals surface area contributed by atoms with Crippen molar-refractivity contribution in [2.24, 2.45) is 0 Å². The van der Waals surface area contributed by atoms with Crippen LogP contribution in [0.4, 0.5) is 5.69 Å². The summed E-state index contributed by atoms with van der Waals surface area (Å²) in [7, 11) is 1.92. The van der Waals surface area contributed by atoms with Crippen molar-refractivity contribution in [3.63, 3.8) is 0 Å². The largest absolute Gasteiger partial charge is 0.388 e. The molecule has 2 N–H and O–H groups in total. The first-order valence-electron chi connectivity index (χ1n) is 4.99. The summed E-state index contributed by atoms with van der Waals surface area (Å²) in [6.45, 7) is 10.4. The van der Waals surface area contributed by atoms with Crippen molar-refractivity contribution in [1.82, 2.24) is 5.32 Å². The van der Waals surface area contributed by atoms with Gasteiger partial charge in [0.2, 0.25) is 0 Å². The second kappa shape index (κ2) is 5.25. The first-order chi connectivity index (χ1) is 7.13. The lowest BCUT2D eigenvalue weighted by atomic mass is 10.2. The number of anilines is 1. The number of allylic oxidation sites excluding steroid dienone is 1. The standard InChI is InChI=1S/C13H18N2/c1-10(2)11(3)15-9-12-6-5-7-13(8-12)14-4/h5-8,14-15H,1,3,9H2,2,4H3. The number of rotatable bonds is 5. The lowest BCUT2D eigenvalue weighted by Gasteiger charge is -2.10. The van der Waals surface area contributed by atoms with Gasteiger partial charge in [0.15, 0.2) is 0 Å². The minimum atomic E-state index is 0.779. The minimum Gasteiger partial charge on any atom is -0.388 e. The molecule has 0 saturated heterocycles. The molecule has 0 aromatic heterocycles. The SMILES string of the molecule is C=C(C)C(=C)NCc1cccc(NC)c1. The molecule has 0 bridgehead atoms. The highest BCUT2D eigenvalue weighted by Crippen LogP contribution is 2.10. The van der Waals surface area contributed by atoms with Gasteiger partial charge in [0.1, 0.15) is 0 Å². The predicted molar refractivity (Wildman–Crippen MR) is 66.8 cm³/mol. The van der Waals surface area contributed by atoms with E-state index in [1.54, 1.807) is 0 Å². The summed E-state index contributed by atoms with van der Waals surface area (Å²) in [5.41, 5.74) is 4.21. The average molecular weight is 202 g/mol. The second-order valence-electron chi connectivity index (χ2n) is 3.56. The third-order valence-corrected chi connectivity index (χ3v) is 2.24. The Balaban J connectivity index is 2.57. The summed E-state index contributed by atoms with van der Waals surface area (Å²) in [4.78, 5) is 0. The molecule has 0 saturated carbocycles. The van der Waals surface area contributed by atoms with Gasteiger partial charge in [0.05, 0.1) is 0 Å². The first kappa shape index (κ1) is 11.4. The van der Waals surface area contributed by atoms with Crippen molar-refractivity contribution in [3.8, 4) is 0 Å². The van der Waals surface area contributed by atoms with Gasteiger partial charge >= 0.3 is 0 Å². The highest BCUT2D eigenvalue weighted by atomic mass is 14.9. The minimum absolute atomic E-state index is 0.779. The third kappa shape index (κ3) is 3.50. The van der Waals surface area contributed by atoms with Gasteiger partial charge in [-0.15, -0.1) is 0 Å². The van der Waals surface area contributed by atoms with Gasteiger partial charge in [-0.25, -0.2) is 0 Å². The lowest BCUT2D eigenvalue weighted by molar-refractivity contribution is 0.824. The van der Waals surface area contributed by atoms with Crippen LogP contribution in [0.5, 0.6) is 0 Å². The average Bonchev–Trinajstić information content (AvgIpc) is 2.26. The Bertz CT molecular complexity index is 367. The van der Waals surface area contributed by atoms with Gasteiger partial charge in [-0.05, 0) is 30.2 Å². The summed E-state index contributed by atoms with van der Waals surface area (Å²) >= 11 is 0. The maximum Gasteiger partial charge on any atom is 0.0401 e. The number of hydrogen-bond donors (Lipinski definition) is 2. The van der Waals surface area contributed by atoms with E-state index in [1.165, 1.54) is 5.56 Å². The van der Waals surface area contributed by atoms with E-state index in [0.717, 1.165) is 23.5 Å². The Kier molecular flexibility index (Phi) is 3.98. The molecule has 1 aromatic rings. The van der Waals surface area contributed by atoms with Crippen LogP contribution in [0.1, 0.15) is 12.5 Å². The van der Waals surface area contributed by atoms with Gasteiger partial charge < -0.3 is 10.6 Å². The van der Waals surface area contributed by atoms with E-state index in [0.29, 0.717) is 0 Å². The van der Waals surface area contributed by atoms with E-state index in [-0.39, 0.29) is 0 Å². The summed E-state index contributed by atoms with van der Waals surface area (Å²) in [5.74, 6) is 0. The molecule has 0 aliphatic heterocycles. The highest BCUT2D eigenvalue weighted by molar-refractivity contribution is 5.45. The van der Waals surface area contributed by atoms with Crippen molar-refractivity contribution in [1.29, 1.82) is 0 Å². The zero-order valence-electron chi connectivity index (χ0n) is 9.43. The Morgan fingerprint density at radius 3 is 2.67 bits per heavy atom.